The number of halogens is 1. The normalized spacial score (nSPS) is 13.6. The Morgan fingerprint density at radius 2 is 1.23 bits per heavy atom. The molecule has 2 aromatic carbocycles. The molecule has 2 rings (SSSR count). The van der Waals surface area contributed by atoms with Crippen molar-refractivity contribution in [1.29, 1.82) is 0 Å². The Morgan fingerprint density at radius 3 is 1.67 bits per heavy atom. The molecule has 0 spiro atoms. The van der Waals surface area contributed by atoms with E-state index in [2.05, 4.69) is 0 Å². The molecule has 8 nitrogen and oxygen atoms in total. The molecule has 39 heavy (non-hydrogen) atoms. The van der Waals surface area contributed by atoms with E-state index in [0.717, 1.165) is 5.56 Å². The molecule has 2 atom stereocenters. The van der Waals surface area contributed by atoms with E-state index < -0.39 is 29.2 Å². The van der Waals surface area contributed by atoms with E-state index in [4.69, 9.17) is 31.3 Å². The van der Waals surface area contributed by atoms with Crippen molar-refractivity contribution < 1.29 is 38.9 Å². The van der Waals surface area contributed by atoms with Crippen molar-refractivity contribution in [1.82, 2.24) is 0 Å². The average Bonchev–Trinajstić information content (AvgIpc) is 2.84. The largest absolute Gasteiger partial charge is 0.481 e. The fourth-order valence-corrected chi connectivity index (χ4v) is 3.39. The van der Waals surface area contributed by atoms with Crippen LogP contribution in [0.3, 0.4) is 0 Å². The number of carboxylic acid groups (broad SMARTS) is 2. The number of alkyl halides is 1. The quantitative estimate of drug-likeness (QED) is 0.266. The summed E-state index contributed by atoms with van der Waals surface area (Å²) in [7, 11) is 0. The highest BCUT2D eigenvalue weighted by molar-refractivity contribution is 6.34. The zero-order valence-corrected chi connectivity index (χ0v) is 24.2. The van der Waals surface area contributed by atoms with E-state index >= 15 is 0 Å². The molecule has 0 aliphatic carbocycles. The van der Waals surface area contributed by atoms with E-state index in [9.17, 15) is 19.2 Å². The van der Waals surface area contributed by atoms with Crippen molar-refractivity contribution in [3.8, 4) is 0 Å². The Bertz CT molecular complexity index is 1090. The van der Waals surface area contributed by atoms with Gasteiger partial charge in [0.2, 0.25) is 0 Å². The molecule has 0 aliphatic heterocycles. The van der Waals surface area contributed by atoms with Gasteiger partial charge in [-0.1, -0.05) is 102 Å². The predicted molar refractivity (Wildman–Crippen MR) is 148 cm³/mol. The number of hydrogen-bond acceptors (Lipinski definition) is 6. The van der Waals surface area contributed by atoms with Crippen LogP contribution >= 0.6 is 11.6 Å². The van der Waals surface area contributed by atoms with Crippen LogP contribution in [0.15, 0.2) is 60.7 Å². The zero-order chi connectivity index (χ0) is 29.9. The van der Waals surface area contributed by atoms with Crippen LogP contribution in [0.5, 0.6) is 0 Å². The molecule has 0 bridgehead atoms. The van der Waals surface area contributed by atoms with Crippen LogP contribution in [0.2, 0.25) is 0 Å². The van der Waals surface area contributed by atoms with Gasteiger partial charge < -0.3 is 19.7 Å². The van der Waals surface area contributed by atoms with Gasteiger partial charge in [0.05, 0.1) is 32.0 Å². The molecule has 0 amide bonds. The van der Waals surface area contributed by atoms with Crippen LogP contribution in [-0.4, -0.2) is 47.3 Å². The third-order valence-corrected chi connectivity index (χ3v) is 5.65. The number of esters is 2. The summed E-state index contributed by atoms with van der Waals surface area (Å²) >= 11 is 5.81. The maximum Gasteiger partial charge on any atom is 0.329 e. The Kier molecular flexibility index (Phi) is 12.7. The summed E-state index contributed by atoms with van der Waals surface area (Å²) in [4.78, 5) is 44.3. The van der Waals surface area contributed by atoms with Crippen LogP contribution in [0.1, 0.15) is 71.4 Å². The summed E-state index contributed by atoms with van der Waals surface area (Å²) in [6.07, 6.45) is -0.670. The first kappa shape index (κ1) is 33.6. The van der Waals surface area contributed by atoms with Crippen molar-refractivity contribution in [3.05, 3.63) is 71.8 Å². The molecule has 2 aromatic rings. The molecule has 9 heteroatoms. The number of carboxylic acids is 2. The molecular weight excluding hydrogens is 524 g/mol. The van der Waals surface area contributed by atoms with Crippen LogP contribution < -0.4 is 0 Å². The van der Waals surface area contributed by atoms with Gasteiger partial charge in [-0.3, -0.25) is 14.4 Å². The lowest BCUT2D eigenvalue weighted by Crippen LogP contribution is -2.32. The number of carbonyl (C=O) groups excluding carboxylic acids is 2. The second-order valence-electron chi connectivity index (χ2n) is 11.6. The van der Waals surface area contributed by atoms with E-state index in [-0.39, 0.29) is 34.8 Å². The molecular formula is C30H39ClO8. The van der Waals surface area contributed by atoms with Crippen molar-refractivity contribution in [2.45, 2.75) is 65.2 Å². The predicted octanol–water partition coefficient (Wildman–Crippen LogP) is 6.02. The molecule has 2 unspecified atom stereocenters. The summed E-state index contributed by atoms with van der Waals surface area (Å²) in [5, 5.41) is 17.6. The maximum atomic E-state index is 12.5. The fourth-order valence-electron chi connectivity index (χ4n) is 3.15. The molecule has 0 heterocycles. The van der Waals surface area contributed by atoms with E-state index in [1.54, 1.807) is 18.2 Å². The number of benzene rings is 2. The van der Waals surface area contributed by atoms with Crippen molar-refractivity contribution in [2.24, 2.45) is 10.8 Å². The van der Waals surface area contributed by atoms with Crippen molar-refractivity contribution >= 4 is 35.5 Å². The highest BCUT2D eigenvalue weighted by Crippen LogP contribution is 2.33. The number of carbonyl (C=O) groups is 4. The molecule has 0 saturated carbocycles. The van der Waals surface area contributed by atoms with Gasteiger partial charge in [-0.2, -0.15) is 0 Å². The minimum atomic E-state index is -1.90. The Hall–Kier alpha value is -3.39. The minimum absolute atomic E-state index is 0.0108. The van der Waals surface area contributed by atoms with Gasteiger partial charge in [0, 0.05) is 0 Å². The summed E-state index contributed by atoms with van der Waals surface area (Å²) in [5.74, 6) is -4.02. The third kappa shape index (κ3) is 12.8. The smallest absolute Gasteiger partial charge is 0.329 e. The lowest BCUT2D eigenvalue weighted by atomic mass is 9.95. The summed E-state index contributed by atoms with van der Waals surface area (Å²) < 4.78 is 10.7. The van der Waals surface area contributed by atoms with Crippen molar-refractivity contribution in [3.63, 3.8) is 0 Å². The summed E-state index contributed by atoms with van der Waals surface area (Å²) in [6.45, 7) is 12.6. The molecule has 0 fully saturated rings. The Labute approximate surface area is 235 Å². The second-order valence-corrected chi connectivity index (χ2v) is 12.2. The van der Waals surface area contributed by atoms with Gasteiger partial charge >= 0.3 is 23.9 Å². The molecule has 0 aromatic heterocycles. The first-order valence-electron chi connectivity index (χ1n) is 12.5. The van der Waals surface area contributed by atoms with Gasteiger partial charge in [0.1, 0.15) is 0 Å². The van der Waals surface area contributed by atoms with Crippen LogP contribution in [0.4, 0.5) is 0 Å². The molecule has 0 radical (unpaired) electrons. The molecule has 0 aliphatic rings. The lowest BCUT2D eigenvalue weighted by molar-refractivity contribution is -0.155. The third-order valence-electron chi connectivity index (χ3n) is 5.14. The van der Waals surface area contributed by atoms with E-state index in [0.29, 0.717) is 13.2 Å². The van der Waals surface area contributed by atoms with Crippen molar-refractivity contribution in [2.75, 3.05) is 13.2 Å². The average molecular weight is 563 g/mol. The number of rotatable bonds is 10. The number of hydrogen-bond donors (Lipinski definition) is 2. The summed E-state index contributed by atoms with van der Waals surface area (Å²) in [6, 6.07) is 17.1. The molecule has 2 N–H and O–H groups in total. The highest BCUT2D eigenvalue weighted by Gasteiger charge is 2.40. The Balaban J connectivity index is 0.000000434. The lowest BCUT2D eigenvalue weighted by Gasteiger charge is -2.22. The summed E-state index contributed by atoms with van der Waals surface area (Å²) in [5.41, 5.74) is 0.805. The topological polar surface area (TPSA) is 127 Å². The first-order valence-corrected chi connectivity index (χ1v) is 12.9. The Morgan fingerprint density at radius 1 is 0.769 bits per heavy atom. The monoisotopic (exact) mass is 562 g/mol. The van der Waals surface area contributed by atoms with Gasteiger partial charge in [-0.15, -0.1) is 11.6 Å². The number of aliphatic carboxylic acids is 2. The first-order chi connectivity index (χ1) is 17.9. The zero-order valence-electron chi connectivity index (χ0n) is 23.4. The molecule has 0 saturated heterocycles. The van der Waals surface area contributed by atoms with Crippen LogP contribution in [0.25, 0.3) is 0 Å². The van der Waals surface area contributed by atoms with E-state index in [1.165, 1.54) is 12.1 Å². The van der Waals surface area contributed by atoms with Gasteiger partial charge in [-0.25, -0.2) is 4.79 Å². The van der Waals surface area contributed by atoms with Gasteiger partial charge in [0.15, 0.2) is 4.87 Å². The van der Waals surface area contributed by atoms with Crippen LogP contribution in [-0.2, 0) is 33.5 Å². The van der Waals surface area contributed by atoms with Gasteiger partial charge in [0.25, 0.3) is 0 Å². The maximum absolute atomic E-state index is 12.5. The van der Waals surface area contributed by atoms with Crippen LogP contribution in [0, 0.1) is 10.8 Å². The minimum Gasteiger partial charge on any atom is -0.481 e. The number of ether oxygens (including phenoxy) is 2. The standard InChI is InChI=1S/C20H30O4.C10H9ClO4/c1-19(2,3)13-23-17(21)12-16(15-10-8-7-9-11-15)18(22)24-14-20(4,5)6;11-10(9(14)15,6-8(12)13)7-4-2-1-3-5-7/h7-11,16H,12-14H2,1-6H3;1-5H,6H2,(H,12,13)(H,14,15). The highest BCUT2D eigenvalue weighted by atomic mass is 35.5. The molecule has 214 valence electrons. The van der Waals surface area contributed by atoms with Gasteiger partial charge in [-0.05, 0) is 22.0 Å². The fraction of sp³-hybridized carbons (Fsp3) is 0.467. The SMILES string of the molecule is CC(C)(C)COC(=O)CC(C(=O)OCC(C)(C)C)c1ccccc1.O=C(O)CC(Cl)(C(=O)O)c1ccccc1. The second kappa shape index (κ2) is 14.7. The van der Waals surface area contributed by atoms with E-state index in [1.807, 2.05) is 71.9 Å².